The quantitative estimate of drug-likeness (QED) is 0.223. The Kier molecular flexibility index (Phi) is 9.40. The average molecular weight is 468 g/mol. The Labute approximate surface area is 183 Å². The van der Waals surface area contributed by atoms with E-state index in [4.69, 9.17) is 18.9 Å². The molecule has 0 aromatic rings. The first-order valence-corrected chi connectivity index (χ1v) is 14.2. The van der Waals surface area contributed by atoms with Crippen molar-refractivity contribution in [1.82, 2.24) is 5.32 Å². The molecule has 2 saturated heterocycles. The van der Waals surface area contributed by atoms with Crippen LogP contribution in [0.5, 0.6) is 0 Å². The molecule has 0 aromatic carbocycles. The molecule has 11 nitrogen and oxygen atoms in total. The fourth-order valence-corrected chi connectivity index (χ4v) is 4.25. The summed E-state index contributed by atoms with van der Waals surface area (Å²) in [6.07, 6.45) is -11.4. The number of rotatable bonds is 8. The van der Waals surface area contributed by atoms with E-state index in [1.807, 2.05) is 0 Å². The van der Waals surface area contributed by atoms with Crippen LogP contribution >= 0.6 is 0 Å². The van der Waals surface area contributed by atoms with Crippen molar-refractivity contribution in [2.24, 2.45) is 0 Å². The van der Waals surface area contributed by atoms with Gasteiger partial charge in [-0.1, -0.05) is 19.6 Å². The lowest BCUT2D eigenvalue weighted by atomic mass is 9.95. The molecule has 0 aromatic heterocycles. The van der Waals surface area contributed by atoms with Gasteiger partial charge in [-0.2, -0.15) is 0 Å². The highest BCUT2D eigenvalue weighted by molar-refractivity contribution is 6.76. The van der Waals surface area contributed by atoms with Crippen molar-refractivity contribution in [1.29, 1.82) is 0 Å². The summed E-state index contributed by atoms with van der Waals surface area (Å²) in [7, 11) is -1.42. The molecule has 2 aliphatic heterocycles. The molecule has 6 N–H and O–H groups in total. The number of aliphatic hydroxyl groups excluding tert-OH is 5. The van der Waals surface area contributed by atoms with Crippen LogP contribution in [0.3, 0.4) is 0 Å². The molecule has 0 saturated carbocycles. The van der Waals surface area contributed by atoms with Crippen LogP contribution in [0.25, 0.3) is 0 Å². The van der Waals surface area contributed by atoms with Gasteiger partial charge in [0.15, 0.2) is 12.6 Å². The van der Waals surface area contributed by atoms with Gasteiger partial charge in [-0.25, -0.2) is 0 Å². The van der Waals surface area contributed by atoms with Gasteiger partial charge in [-0.3, -0.25) is 4.79 Å². The standard InChI is InChI=1S/C19H37NO10Si/c1-9-13(23)15(25)16(26)19(28-9)30-17-12(20-10(2)22)18(27-6-7-31(3,4)5)29-11(8-21)14(17)24/h9,11-19,21,23-26H,6-8H2,1-5H3,(H,20,22)/t9-,11-,12-,13+,14-,15+,16-,17-,18-,19-/m1/s1. The Morgan fingerprint density at radius 2 is 1.65 bits per heavy atom. The minimum atomic E-state index is -1.60. The Morgan fingerprint density at radius 1 is 1.00 bits per heavy atom. The molecular formula is C19H37NO10Si. The molecular weight excluding hydrogens is 430 g/mol. The molecule has 2 aliphatic rings. The maximum atomic E-state index is 11.8. The first-order chi connectivity index (χ1) is 14.4. The summed E-state index contributed by atoms with van der Waals surface area (Å²) in [5.74, 6) is -0.426. The van der Waals surface area contributed by atoms with E-state index in [2.05, 4.69) is 25.0 Å². The number of hydrogen-bond acceptors (Lipinski definition) is 10. The highest BCUT2D eigenvalue weighted by Crippen LogP contribution is 2.30. The highest BCUT2D eigenvalue weighted by Gasteiger charge is 2.51. The minimum Gasteiger partial charge on any atom is -0.394 e. The van der Waals surface area contributed by atoms with Crippen LogP contribution in [-0.2, 0) is 23.7 Å². The second-order valence-corrected chi connectivity index (χ2v) is 15.0. The summed E-state index contributed by atoms with van der Waals surface area (Å²) >= 11 is 0. The topological polar surface area (TPSA) is 167 Å². The van der Waals surface area contributed by atoms with Crippen LogP contribution in [0.15, 0.2) is 0 Å². The minimum absolute atomic E-state index is 0.349. The lowest BCUT2D eigenvalue weighted by molar-refractivity contribution is -0.340. The maximum Gasteiger partial charge on any atom is 0.217 e. The zero-order chi connectivity index (χ0) is 23.5. The lowest BCUT2D eigenvalue weighted by Gasteiger charge is -2.47. The molecule has 0 spiro atoms. The van der Waals surface area contributed by atoms with Gasteiger partial charge in [0.2, 0.25) is 5.91 Å². The summed E-state index contributed by atoms with van der Waals surface area (Å²) < 4.78 is 22.8. The second kappa shape index (κ2) is 11.0. The summed E-state index contributed by atoms with van der Waals surface area (Å²) in [6, 6.07) is -0.157. The monoisotopic (exact) mass is 467 g/mol. The molecule has 2 fully saturated rings. The molecule has 1 amide bonds. The van der Waals surface area contributed by atoms with E-state index in [1.165, 1.54) is 13.8 Å². The van der Waals surface area contributed by atoms with Crippen molar-refractivity contribution in [3.05, 3.63) is 0 Å². The van der Waals surface area contributed by atoms with Crippen molar-refractivity contribution in [3.8, 4) is 0 Å². The summed E-state index contributed by atoms with van der Waals surface area (Å²) in [5.41, 5.74) is 0. The van der Waals surface area contributed by atoms with Gasteiger partial charge in [-0.05, 0) is 13.0 Å². The zero-order valence-electron chi connectivity index (χ0n) is 18.7. The first-order valence-electron chi connectivity index (χ1n) is 10.5. The van der Waals surface area contributed by atoms with Crippen LogP contribution in [0.1, 0.15) is 13.8 Å². The third-order valence-corrected chi connectivity index (χ3v) is 7.16. The largest absolute Gasteiger partial charge is 0.394 e. The SMILES string of the molecule is CC(=O)N[C@H]1[C@H](OCC[Si](C)(C)C)O[C@H](CO)[C@@H](O)[C@@H]1O[C@H]1O[C@H](C)[C@H](O)[C@H](O)[C@H]1O. The van der Waals surface area contributed by atoms with E-state index >= 15 is 0 Å². The maximum absolute atomic E-state index is 11.8. The van der Waals surface area contributed by atoms with Gasteiger partial charge in [0.1, 0.15) is 42.7 Å². The Bertz CT molecular complexity index is 591. The van der Waals surface area contributed by atoms with Crippen LogP contribution in [-0.4, -0.2) is 114 Å². The number of aliphatic hydroxyl groups is 5. The fraction of sp³-hybridized carbons (Fsp3) is 0.947. The van der Waals surface area contributed by atoms with E-state index < -0.39 is 81.9 Å². The molecule has 12 heteroatoms. The Balaban J connectivity index is 2.23. The van der Waals surface area contributed by atoms with Crippen LogP contribution < -0.4 is 5.32 Å². The number of hydrogen-bond donors (Lipinski definition) is 6. The second-order valence-electron chi connectivity index (χ2n) is 9.41. The number of carbonyl (C=O) groups is 1. The van der Waals surface area contributed by atoms with Crippen LogP contribution in [0.2, 0.25) is 25.7 Å². The smallest absolute Gasteiger partial charge is 0.217 e. The van der Waals surface area contributed by atoms with E-state index in [9.17, 15) is 30.3 Å². The predicted octanol–water partition coefficient (Wildman–Crippen LogP) is -1.86. The van der Waals surface area contributed by atoms with Crippen molar-refractivity contribution >= 4 is 14.0 Å². The normalized spacial score (nSPS) is 41.7. The summed E-state index contributed by atoms with van der Waals surface area (Å²) in [4.78, 5) is 11.8. The van der Waals surface area contributed by atoms with Gasteiger partial charge >= 0.3 is 0 Å². The average Bonchev–Trinajstić information content (AvgIpc) is 2.67. The molecule has 10 atom stereocenters. The molecule has 0 bridgehead atoms. The third-order valence-electron chi connectivity index (χ3n) is 5.46. The van der Waals surface area contributed by atoms with E-state index in [1.54, 1.807) is 0 Å². The molecule has 31 heavy (non-hydrogen) atoms. The third kappa shape index (κ3) is 6.90. The summed E-state index contributed by atoms with van der Waals surface area (Å²) in [6.45, 7) is 9.14. The number of nitrogens with one attached hydrogen (secondary N) is 1. The van der Waals surface area contributed by atoms with Crippen molar-refractivity contribution in [3.63, 3.8) is 0 Å². The molecule has 0 aliphatic carbocycles. The van der Waals surface area contributed by atoms with Gasteiger partial charge in [0.05, 0.1) is 12.7 Å². The van der Waals surface area contributed by atoms with Gasteiger partial charge in [-0.15, -0.1) is 0 Å². The van der Waals surface area contributed by atoms with Crippen LogP contribution in [0, 0.1) is 0 Å². The van der Waals surface area contributed by atoms with E-state index in [0.717, 1.165) is 6.04 Å². The predicted molar refractivity (Wildman–Crippen MR) is 111 cm³/mol. The molecule has 182 valence electrons. The first kappa shape index (κ1) is 26.6. The Hall–Kier alpha value is -0.673. The lowest BCUT2D eigenvalue weighted by Crippen LogP contribution is -2.67. The molecule has 2 rings (SSSR count). The van der Waals surface area contributed by atoms with Gasteiger partial charge in [0.25, 0.3) is 0 Å². The van der Waals surface area contributed by atoms with Crippen molar-refractivity contribution < 1.29 is 49.3 Å². The van der Waals surface area contributed by atoms with E-state index in [0.29, 0.717) is 6.61 Å². The fourth-order valence-electron chi connectivity index (χ4n) is 3.52. The van der Waals surface area contributed by atoms with Gasteiger partial charge < -0.3 is 49.8 Å². The van der Waals surface area contributed by atoms with Crippen LogP contribution in [0.4, 0.5) is 0 Å². The number of carbonyl (C=O) groups excluding carboxylic acids is 1. The zero-order valence-corrected chi connectivity index (χ0v) is 19.7. The van der Waals surface area contributed by atoms with Crippen molar-refractivity contribution in [2.45, 2.75) is 101 Å². The highest BCUT2D eigenvalue weighted by atomic mass is 28.3. The van der Waals surface area contributed by atoms with E-state index in [-0.39, 0.29) is 0 Å². The van der Waals surface area contributed by atoms with Gasteiger partial charge in [0, 0.05) is 21.6 Å². The number of ether oxygens (including phenoxy) is 4. The van der Waals surface area contributed by atoms with Crippen molar-refractivity contribution in [2.75, 3.05) is 13.2 Å². The molecule has 2 heterocycles. The molecule has 0 radical (unpaired) electrons. The Morgan fingerprint density at radius 3 is 2.19 bits per heavy atom. The molecule has 0 unspecified atom stereocenters. The summed E-state index contributed by atoms with van der Waals surface area (Å²) in [5, 5.41) is 53.3. The number of amides is 1.